The van der Waals surface area contributed by atoms with Gasteiger partial charge < -0.3 is 4.74 Å². The van der Waals surface area contributed by atoms with E-state index < -0.39 is 0 Å². The fourth-order valence-electron chi connectivity index (χ4n) is 3.60. The number of fused-ring (bicyclic) bond motifs is 2. The van der Waals surface area contributed by atoms with E-state index in [0.717, 1.165) is 35.7 Å². The smallest absolute Gasteiger partial charge is 0.134 e. The Kier molecular flexibility index (Phi) is 3.99. The average molecular weight is 275 g/mol. The fraction of sp³-hybridized carbons (Fsp3) is 0.529. The molecular formula is C17H19ClO. The fourth-order valence-corrected chi connectivity index (χ4v) is 3.67. The summed E-state index contributed by atoms with van der Waals surface area (Å²) in [5.41, 5.74) is 0.950. The average Bonchev–Trinajstić information content (AvgIpc) is 3.06. The van der Waals surface area contributed by atoms with Gasteiger partial charge in [0.25, 0.3) is 0 Å². The van der Waals surface area contributed by atoms with Gasteiger partial charge in [-0.2, -0.15) is 0 Å². The van der Waals surface area contributed by atoms with Gasteiger partial charge in [-0.1, -0.05) is 30.4 Å². The lowest BCUT2D eigenvalue weighted by molar-refractivity contribution is 0.195. The van der Waals surface area contributed by atoms with Crippen molar-refractivity contribution in [2.45, 2.75) is 25.7 Å². The lowest BCUT2D eigenvalue weighted by Crippen LogP contribution is -2.18. The Morgan fingerprint density at radius 1 is 1.21 bits per heavy atom. The second-order valence-electron chi connectivity index (χ2n) is 5.68. The summed E-state index contributed by atoms with van der Waals surface area (Å²) in [6, 6.07) is 7.99. The van der Waals surface area contributed by atoms with Crippen LogP contribution in [-0.4, -0.2) is 12.5 Å². The van der Waals surface area contributed by atoms with E-state index in [0.29, 0.717) is 5.88 Å². The molecular weight excluding hydrogens is 256 g/mol. The van der Waals surface area contributed by atoms with Gasteiger partial charge >= 0.3 is 0 Å². The van der Waals surface area contributed by atoms with Gasteiger partial charge in [-0.3, -0.25) is 0 Å². The molecule has 100 valence electrons. The van der Waals surface area contributed by atoms with Crippen molar-refractivity contribution in [3.8, 4) is 17.6 Å². The third kappa shape index (κ3) is 2.90. The molecule has 0 N–H and O–H groups in total. The Hall–Kier alpha value is -1.13. The standard InChI is InChI=1S/C17H19ClO/c18-9-3-5-14-4-1-2-6-17(14)19-12-16-11-13-7-8-15(16)10-13/h1-2,4,6,13,15-16H,7-12H2. The van der Waals surface area contributed by atoms with Crippen molar-refractivity contribution in [1.29, 1.82) is 0 Å². The predicted molar refractivity (Wildman–Crippen MR) is 78.5 cm³/mol. The molecule has 0 amide bonds. The molecule has 2 saturated carbocycles. The number of alkyl halides is 1. The minimum atomic E-state index is 0.362. The molecule has 0 aromatic heterocycles. The van der Waals surface area contributed by atoms with Gasteiger partial charge in [-0.05, 0) is 49.1 Å². The maximum atomic E-state index is 6.03. The minimum absolute atomic E-state index is 0.362. The molecule has 2 aliphatic rings. The Labute approximate surface area is 120 Å². The molecule has 1 aromatic carbocycles. The molecule has 2 bridgehead atoms. The number of hydrogen-bond donors (Lipinski definition) is 0. The summed E-state index contributed by atoms with van der Waals surface area (Å²) in [4.78, 5) is 0. The maximum absolute atomic E-state index is 6.03. The molecule has 1 aromatic rings. The van der Waals surface area contributed by atoms with Crippen LogP contribution >= 0.6 is 11.6 Å². The summed E-state index contributed by atoms with van der Waals surface area (Å²) in [5.74, 6) is 9.87. The lowest BCUT2D eigenvalue weighted by Gasteiger charge is -2.22. The number of halogens is 1. The molecule has 19 heavy (non-hydrogen) atoms. The van der Waals surface area contributed by atoms with Crippen LogP contribution in [-0.2, 0) is 0 Å². The lowest BCUT2D eigenvalue weighted by atomic mass is 9.89. The molecule has 0 radical (unpaired) electrons. The van der Waals surface area contributed by atoms with Gasteiger partial charge in [0.2, 0.25) is 0 Å². The number of rotatable bonds is 3. The highest BCUT2D eigenvalue weighted by Crippen LogP contribution is 2.48. The first-order valence-electron chi connectivity index (χ1n) is 7.13. The first-order chi connectivity index (χ1) is 9.36. The van der Waals surface area contributed by atoms with Gasteiger partial charge in [0.1, 0.15) is 5.75 Å². The van der Waals surface area contributed by atoms with Crippen molar-refractivity contribution in [2.75, 3.05) is 12.5 Å². The third-order valence-electron chi connectivity index (χ3n) is 4.51. The molecule has 0 spiro atoms. The van der Waals surface area contributed by atoms with E-state index >= 15 is 0 Å². The molecule has 3 rings (SSSR count). The van der Waals surface area contributed by atoms with Crippen LogP contribution in [0.5, 0.6) is 5.75 Å². The van der Waals surface area contributed by atoms with E-state index in [1.807, 2.05) is 24.3 Å². The molecule has 2 aliphatic carbocycles. The van der Waals surface area contributed by atoms with Crippen molar-refractivity contribution >= 4 is 11.6 Å². The number of ether oxygens (including phenoxy) is 1. The zero-order valence-electron chi connectivity index (χ0n) is 11.1. The summed E-state index contributed by atoms with van der Waals surface area (Å²) in [6.07, 6.45) is 5.65. The first kappa shape index (κ1) is 12.9. The maximum Gasteiger partial charge on any atom is 0.134 e. The van der Waals surface area contributed by atoms with Crippen LogP contribution < -0.4 is 4.74 Å². The van der Waals surface area contributed by atoms with E-state index in [-0.39, 0.29) is 0 Å². The Bertz CT molecular complexity index is 499. The highest BCUT2D eigenvalue weighted by Gasteiger charge is 2.39. The quantitative estimate of drug-likeness (QED) is 0.596. The summed E-state index contributed by atoms with van der Waals surface area (Å²) in [6.45, 7) is 0.848. The largest absolute Gasteiger partial charge is 0.492 e. The predicted octanol–water partition coefficient (Wildman–Crippen LogP) is 4.09. The van der Waals surface area contributed by atoms with Gasteiger partial charge in [0.15, 0.2) is 0 Å². The SMILES string of the molecule is ClCC#Cc1ccccc1OCC1CC2CCC1C2. The van der Waals surface area contributed by atoms with Crippen LogP contribution in [0.2, 0.25) is 0 Å². The van der Waals surface area contributed by atoms with Gasteiger partial charge in [0, 0.05) is 0 Å². The molecule has 0 saturated heterocycles. The van der Waals surface area contributed by atoms with E-state index in [9.17, 15) is 0 Å². The second kappa shape index (κ2) is 5.88. The Morgan fingerprint density at radius 3 is 2.84 bits per heavy atom. The first-order valence-corrected chi connectivity index (χ1v) is 7.67. The zero-order chi connectivity index (χ0) is 13.1. The van der Waals surface area contributed by atoms with Crippen LogP contribution in [0.4, 0.5) is 0 Å². The van der Waals surface area contributed by atoms with Crippen molar-refractivity contribution in [2.24, 2.45) is 17.8 Å². The summed E-state index contributed by atoms with van der Waals surface area (Å²) >= 11 is 5.61. The van der Waals surface area contributed by atoms with Crippen LogP contribution in [0.1, 0.15) is 31.2 Å². The van der Waals surface area contributed by atoms with Crippen LogP contribution in [0.3, 0.4) is 0 Å². The topological polar surface area (TPSA) is 9.23 Å². The Balaban J connectivity index is 1.63. The van der Waals surface area contributed by atoms with Crippen LogP contribution in [0.25, 0.3) is 0 Å². The third-order valence-corrected chi connectivity index (χ3v) is 4.65. The van der Waals surface area contributed by atoms with Gasteiger partial charge in [-0.15, -0.1) is 11.6 Å². The second-order valence-corrected chi connectivity index (χ2v) is 5.94. The number of benzene rings is 1. The molecule has 3 atom stereocenters. The van der Waals surface area contributed by atoms with E-state index in [2.05, 4.69) is 11.8 Å². The molecule has 1 nitrogen and oxygen atoms in total. The van der Waals surface area contributed by atoms with Crippen LogP contribution in [0.15, 0.2) is 24.3 Å². The molecule has 0 heterocycles. The Morgan fingerprint density at radius 2 is 2.11 bits per heavy atom. The van der Waals surface area contributed by atoms with Crippen molar-refractivity contribution in [1.82, 2.24) is 0 Å². The van der Waals surface area contributed by atoms with E-state index in [1.54, 1.807) is 0 Å². The molecule has 2 fully saturated rings. The van der Waals surface area contributed by atoms with E-state index in [4.69, 9.17) is 16.3 Å². The number of hydrogen-bond acceptors (Lipinski definition) is 1. The molecule has 2 heteroatoms. The van der Waals surface area contributed by atoms with Crippen molar-refractivity contribution in [3.63, 3.8) is 0 Å². The molecule has 0 aliphatic heterocycles. The highest BCUT2D eigenvalue weighted by molar-refractivity contribution is 6.19. The zero-order valence-corrected chi connectivity index (χ0v) is 11.8. The van der Waals surface area contributed by atoms with Crippen LogP contribution in [0, 0.1) is 29.6 Å². The highest BCUT2D eigenvalue weighted by atomic mass is 35.5. The summed E-state index contributed by atoms with van der Waals surface area (Å²) < 4.78 is 6.03. The normalized spacial score (nSPS) is 27.9. The summed E-state index contributed by atoms with van der Waals surface area (Å²) in [7, 11) is 0. The number of para-hydroxylation sites is 1. The van der Waals surface area contributed by atoms with Crippen molar-refractivity contribution < 1.29 is 4.74 Å². The van der Waals surface area contributed by atoms with E-state index in [1.165, 1.54) is 25.7 Å². The van der Waals surface area contributed by atoms with Gasteiger partial charge in [0.05, 0.1) is 18.1 Å². The monoisotopic (exact) mass is 274 g/mol. The summed E-state index contributed by atoms with van der Waals surface area (Å²) in [5, 5.41) is 0. The van der Waals surface area contributed by atoms with Crippen molar-refractivity contribution in [3.05, 3.63) is 29.8 Å². The minimum Gasteiger partial charge on any atom is -0.492 e. The van der Waals surface area contributed by atoms with Gasteiger partial charge in [-0.25, -0.2) is 0 Å². The molecule has 3 unspecified atom stereocenters.